The lowest BCUT2D eigenvalue weighted by Gasteiger charge is -2.19. The number of nitrogens with one attached hydrogen (secondary N) is 1. The van der Waals surface area contributed by atoms with Crippen LogP contribution in [-0.2, 0) is 32.2 Å². The molecule has 1 aliphatic rings. The van der Waals surface area contributed by atoms with E-state index in [-0.39, 0.29) is 24.2 Å². The Labute approximate surface area is 153 Å². The van der Waals surface area contributed by atoms with Gasteiger partial charge in [-0.25, -0.2) is 4.79 Å². The number of amides is 2. The summed E-state index contributed by atoms with van der Waals surface area (Å²) < 4.78 is 9.90. The Kier molecular flexibility index (Phi) is 6.23. The summed E-state index contributed by atoms with van der Waals surface area (Å²) in [6, 6.07) is 7.60. The zero-order valence-corrected chi connectivity index (χ0v) is 15.7. The third kappa shape index (κ3) is 5.75. The quantitative estimate of drug-likeness (QED) is 0.812. The maximum Gasteiger partial charge on any atom is 0.407 e. The van der Waals surface area contributed by atoms with Crippen molar-refractivity contribution in [2.24, 2.45) is 5.92 Å². The summed E-state index contributed by atoms with van der Waals surface area (Å²) in [5.74, 6) is -0.773. The molecule has 7 heteroatoms. The molecule has 1 aliphatic heterocycles. The van der Waals surface area contributed by atoms with Gasteiger partial charge in [0.25, 0.3) is 0 Å². The monoisotopic (exact) mass is 362 g/mol. The van der Waals surface area contributed by atoms with E-state index in [4.69, 9.17) is 9.47 Å². The molecule has 0 radical (unpaired) electrons. The number of hydrogen-bond donors (Lipinski definition) is 1. The van der Waals surface area contributed by atoms with E-state index in [1.54, 1.807) is 4.90 Å². The first-order valence-electron chi connectivity index (χ1n) is 8.58. The van der Waals surface area contributed by atoms with Crippen LogP contribution in [0, 0.1) is 5.92 Å². The van der Waals surface area contributed by atoms with E-state index in [9.17, 15) is 14.4 Å². The molecule has 2 amide bonds. The fourth-order valence-corrected chi connectivity index (χ4v) is 2.72. The molecule has 1 aromatic carbocycles. The predicted octanol–water partition coefficient (Wildman–Crippen LogP) is 2.23. The number of methoxy groups -OCH3 is 1. The molecule has 0 aliphatic carbocycles. The number of benzene rings is 1. The zero-order valence-electron chi connectivity index (χ0n) is 15.7. The fraction of sp³-hybridized carbons (Fsp3) is 0.526. The van der Waals surface area contributed by atoms with Crippen LogP contribution in [-0.4, -0.2) is 42.1 Å². The van der Waals surface area contributed by atoms with Gasteiger partial charge in [0.1, 0.15) is 5.60 Å². The Balaban J connectivity index is 1.85. The summed E-state index contributed by atoms with van der Waals surface area (Å²) in [4.78, 5) is 36.9. The van der Waals surface area contributed by atoms with Gasteiger partial charge < -0.3 is 19.7 Å². The molecule has 0 saturated carbocycles. The first-order valence-corrected chi connectivity index (χ1v) is 8.58. The molecule has 2 rings (SSSR count). The number of alkyl carbamates (subject to hydrolysis) is 1. The van der Waals surface area contributed by atoms with E-state index < -0.39 is 11.7 Å². The zero-order chi connectivity index (χ0) is 19.3. The SMILES string of the molecule is COC(=O)C1CC(=O)N(Cc2ccc(CNC(=O)OC(C)(C)C)cc2)C1. The van der Waals surface area contributed by atoms with Crippen molar-refractivity contribution in [1.29, 1.82) is 0 Å². The highest BCUT2D eigenvalue weighted by molar-refractivity contribution is 5.86. The average molecular weight is 362 g/mol. The van der Waals surface area contributed by atoms with Crippen LogP contribution in [0.3, 0.4) is 0 Å². The van der Waals surface area contributed by atoms with Crippen LogP contribution in [0.25, 0.3) is 0 Å². The molecule has 142 valence electrons. The van der Waals surface area contributed by atoms with Crippen molar-refractivity contribution >= 4 is 18.0 Å². The van der Waals surface area contributed by atoms with Gasteiger partial charge >= 0.3 is 12.1 Å². The highest BCUT2D eigenvalue weighted by atomic mass is 16.6. The van der Waals surface area contributed by atoms with E-state index in [1.165, 1.54) is 7.11 Å². The van der Waals surface area contributed by atoms with Gasteiger partial charge in [-0.1, -0.05) is 24.3 Å². The number of likely N-dealkylation sites (tertiary alicyclic amines) is 1. The second-order valence-electron chi connectivity index (χ2n) is 7.37. The topological polar surface area (TPSA) is 84.9 Å². The smallest absolute Gasteiger partial charge is 0.407 e. The van der Waals surface area contributed by atoms with Crippen LogP contribution >= 0.6 is 0 Å². The van der Waals surface area contributed by atoms with Crippen molar-refractivity contribution in [3.05, 3.63) is 35.4 Å². The highest BCUT2D eigenvalue weighted by Crippen LogP contribution is 2.21. The number of carbonyl (C=O) groups is 3. The molecule has 1 aromatic rings. The van der Waals surface area contributed by atoms with Crippen LogP contribution in [0.5, 0.6) is 0 Å². The van der Waals surface area contributed by atoms with E-state index in [0.29, 0.717) is 19.6 Å². The van der Waals surface area contributed by atoms with Gasteiger partial charge in [-0.2, -0.15) is 0 Å². The minimum Gasteiger partial charge on any atom is -0.469 e. The van der Waals surface area contributed by atoms with Crippen LogP contribution in [0.15, 0.2) is 24.3 Å². The molecule has 1 atom stereocenters. The van der Waals surface area contributed by atoms with Crippen LogP contribution in [0.4, 0.5) is 4.79 Å². The average Bonchev–Trinajstić information content (AvgIpc) is 2.93. The van der Waals surface area contributed by atoms with Crippen molar-refractivity contribution < 1.29 is 23.9 Å². The molecule has 0 bridgehead atoms. The molecule has 1 heterocycles. The number of hydrogen-bond acceptors (Lipinski definition) is 5. The maximum absolute atomic E-state index is 12.0. The Hall–Kier alpha value is -2.57. The van der Waals surface area contributed by atoms with Crippen molar-refractivity contribution in [2.45, 2.75) is 45.9 Å². The van der Waals surface area contributed by atoms with Crippen LogP contribution < -0.4 is 5.32 Å². The summed E-state index contributed by atoms with van der Waals surface area (Å²) in [5, 5.41) is 2.70. The molecule has 1 unspecified atom stereocenters. The van der Waals surface area contributed by atoms with E-state index in [2.05, 4.69) is 5.32 Å². The van der Waals surface area contributed by atoms with Gasteiger partial charge in [-0.15, -0.1) is 0 Å². The van der Waals surface area contributed by atoms with Gasteiger partial charge in [-0.3, -0.25) is 9.59 Å². The van der Waals surface area contributed by atoms with Crippen molar-refractivity contribution in [1.82, 2.24) is 10.2 Å². The maximum atomic E-state index is 12.0. The lowest BCUT2D eigenvalue weighted by Crippen LogP contribution is -2.32. The second-order valence-corrected chi connectivity index (χ2v) is 7.37. The summed E-state index contributed by atoms with van der Waals surface area (Å²) in [6.07, 6.45) is -0.261. The molecule has 1 fully saturated rings. The summed E-state index contributed by atoms with van der Waals surface area (Å²) in [7, 11) is 1.33. The molecule has 1 N–H and O–H groups in total. The normalized spacial score (nSPS) is 17.2. The van der Waals surface area contributed by atoms with Gasteiger partial charge in [-0.05, 0) is 31.9 Å². The molecule has 1 saturated heterocycles. The van der Waals surface area contributed by atoms with Gasteiger partial charge in [0.2, 0.25) is 5.91 Å². The van der Waals surface area contributed by atoms with Crippen molar-refractivity contribution in [3.8, 4) is 0 Å². The Morgan fingerprint density at radius 3 is 2.38 bits per heavy atom. The van der Waals surface area contributed by atoms with Crippen LogP contribution in [0.1, 0.15) is 38.3 Å². The van der Waals surface area contributed by atoms with E-state index in [0.717, 1.165) is 11.1 Å². The first kappa shape index (κ1) is 19.8. The third-order valence-corrected chi connectivity index (χ3v) is 3.98. The lowest BCUT2D eigenvalue weighted by molar-refractivity contribution is -0.145. The Bertz CT molecular complexity index is 664. The van der Waals surface area contributed by atoms with Crippen molar-refractivity contribution in [2.75, 3.05) is 13.7 Å². The molecule has 7 nitrogen and oxygen atoms in total. The minimum absolute atomic E-state index is 0.0453. The van der Waals surface area contributed by atoms with Crippen LogP contribution in [0.2, 0.25) is 0 Å². The molecule has 26 heavy (non-hydrogen) atoms. The molecule has 0 aromatic heterocycles. The lowest BCUT2D eigenvalue weighted by atomic mass is 10.1. The van der Waals surface area contributed by atoms with E-state index in [1.807, 2.05) is 45.0 Å². The number of nitrogens with zero attached hydrogens (tertiary/aromatic N) is 1. The van der Waals surface area contributed by atoms with E-state index >= 15 is 0 Å². The largest absolute Gasteiger partial charge is 0.469 e. The predicted molar refractivity (Wildman–Crippen MR) is 95.1 cm³/mol. The van der Waals surface area contributed by atoms with Gasteiger partial charge in [0, 0.05) is 26.1 Å². The Morgan fingerprint density at radius 1 is 1.19 bits per heavy atom. The molecule has 0 spiro atoms. The second kappa shape index (κ2) is 8.21. The number of ether oxygens (including phenoxy) is 2. The summed E-state index contributed by atoms with van der Waals surface area (Å²) in [5.41, 5.74) is 1.36. The fourth-order valence-electron chi connectivity index (χ4n) is 2.72. The third-order valence-electron chi connectivity index (χ3n) is 3.98. The van der Waals surface area contributed by atoms with Gasteiger partial charge in [0.15, 0.2) is 0 Å². The minimum atomic E-state index is -0.529. The van der Waals surface area contributed by atoms with Crippen molar-refractivity contribution in [3.63, 3.8) is 0 Å². The molecular weight excluding hydrogens is 336 g/mol. The highest BCUT2D eigenvalue weighted by Gasteiger charge is 2.34. The number of carbonyl (C=O) groups excluding carboxylic acids is 3. The van der Waals surface area contributed by atoms with Gasteiger partial charge in [0.05, 0.1) is 13.0 Å². The first-order chi connectivity index (χ1) is 12.2. The summed E-state index contributed by atoms with van der Waals surface area (Å²) in [6.45, 7) is 6.63. The summed E-state index contributed by atoms with van der Waals surface area (Å²) >= 11 is 0. The molecular formula is C19H26N2O5. The number of esters is 1. The standard InChI is InChI=1S/C19H26N2O5/c1-19(2,3)26-18(24)20-10-13-5-7-14(8-6-13)11-21-12-15(9-16(21)22)17(23)25-4/h5-8,15H,9-12H2,1-4H3,(H,20,24). The Morgan fingerprint density at radius 2 is 1.81 bits per heavy atom. The number of rotatable bonds is 5.